The molecule has 0 aliphatic rings. The molecule has 172 valence electrons. The summed E-state index contributed by atoms with van der Waals surface area (Å²) < 4.78 is 21.2. The predicted octanol–water partition coefficient (Wildman–Crippen LogP) is 4.61. The van der Waals surface area contributed by atoms with Crippen LogP contribution in [0.5, 0.6) is 23.0 Å². The molecule has 1 amide bonds. The van der Waals surface area contributed by atoms with E-state index in [4.69, 9.17) is 30.5 Å². The normalized spacial score (nSPS) is 10.3. The first-order chi connectivity index (χ1) is 15.9. The summed E-state index contributed by atoms with van der Waals surface area (Å²) in [7, 11) is 4.63. The van der Waals surface area contributed by atoms with E-state index in [2.05, 4.69) is 0 Å². The number of esters is 1. The number of carbonyl (C=O) groups is 2. The molecular formula is C25H24ClNO6. The maximum absolute atomic E-state index is 13.3. The Bertz CT molecular complexity index is 1120. The van der Waals surface area contributed by atoms with Crippen molar-refractivity contribution in [2.45, 2.75) is 6.54 Å². The smallest absolute Gasteiger partial charge is 0.331 e. The molecule has 0 aliphatic heterocycles. The molecule has 0 bridgehead atoms. The average molecular weight is 470 g/mol. The minimum atomic E-state index is -0.627. The van der Waals surface area contributed by atoms with Gasteiger partial charge in [0.05, 0.1) is 32.9 Å². The molecule has 3 aromatic rings. The summed E-state index contributed by atoms with van der Waals surface area (Å²) in [4.78, 5) is 27.4. The molecule has 3 aromatic carbocycles. The number of rotatable bonds is 9. The number of para-hydroxylation sites is 1. The molecule has 33 heavy (non-hydrogen) atoms. The van der Waals surface area contributed by atoms with Crippen LogP contribution in [-0.4, -0.2) is 44.7 Å². The van der Waals surface area contributed by atoms with Gasteiger partial charge in [-0.3, -0.25) is 4.79 Å². The number of benzene rings is 3. The van der Waals surface area contributed by atoms with Crippen molar-refractivity contribution in [2.24, 2.45) is 0 Å². The zero-order valence-corrected chi connectivity index (χ0v) is 19.3. The van der Waals surface area contributed by atoms with Crippen molar-refractivity contribution in [3.63, 3.8) is 0 Å². The third-order valence-corrected chi connectivity index (χ3v) is 5.17. The summed E-state index contributed by atoms with van der Waals surface area (Å²) in [5.41, 5.74) is 1.10. The lowest BCUT2D eigenvalue weighted by Crippen LogP contribution is -2.37. The Labute approximate surface area is 197 Å². The highest BCUT2D eigenvalue weighted by molar-refractivity contribution is 6.32. The van der Waals surface area contributed by atoms with Crippen LogP contribution in [0.15, 0.2) is 66.7 Å². The number of carbonyl (C=O) groups excluding carboxylic acids is 2. The molecule has 0 radical (unpaired) electrons. The molecule has 0 saturated heterocycles. The van der Waals surface area contributed by atoms with Gasteiger partial charge in [-0.05, 0) is 48.5 Å². The van der Waals surface area contributed by atoms with Crippen molar-refractivity contribution in [3.05, 3.63) is 82.9 Å². The Morgan fingerprint density at radius 3 is 2.12 bits per heavy atom. The van der Waals surface area contributed by atoms with Gasteiger partial charge in [-0.25, -0.2) is 4.79 Å². The lowest BCUT2D eigenvalue weighted by Gasteiger charge is -2.23. The van der Waals surface area contributed by atoms with Crippen LogP contribution in [0.1, 0.15) is 15.9 Å². The van der Waals surface area contributed by atoms with Gasteiger partial charge in [0.15, 0.2) is 0 Å². The van der Waals surface area contributed by atoms with E-state index in [9.17, 15) is 9.59 Å². The van der Waals surface area contributed by atoms with Crippen molar-refractivity contribution >= 4 is 23.5 Å². The average Bonchev–Trinajstić information content (AvgIpc) is 2.84. The minimum Gasteiger partial charge on any atom is -0.497 e. The highest BCUT2D eigenvalue weighted by atomic mass is 35.5. The van der Waals surface area contributed by atoms with Crippen LogP contribution in [-0.2, 0) is 11.3 Å². The molecule has 0 aliphatic carbocycles. The van der Waals surface area contributed by atoms with E-state index in [0.29, 0.717) is 33.4 Å². The number of ether oxygens (including phenoxy) is 4. The summed E-state index contributed by atoms with van der Waals surface area (Å²) in [5, 5.41) is 0.302. The summed E-state index contributed by atoms with van der Waals surface area (Å²) in [6, 6.07) is 18.5. The van der Waals surface area contributed by atoms with E-state index < -0.39 is 5.97 Å². The molecule has 0 spiro atoms. The van der Waals surface area contributed by atoms with Crippen molar-refractivity contribution in [3.8, 4) is 23.0 Å². The molecule has 8 heteroatoms. The van der Waals surface area contributed by atoms with Crippen LogP contribution in [0.25, 0.3) is 0 Å². The zero-order chi connectivity index (χ0) is 23.8. The van der Waals surface area contributed by atoms with Crippen LogP contribution in [0.3, 0.4) is 0 Å². The van der Waals surface area contributed by atoms with Gasteiger partial charge >= 0.3 is 5.97 Å². The lowest BCUT2D eigenvalue weighted by molar-refractivity contribution is -0.135. The topological polar surface area (TPSA) is 74.3 Å². The Morgan fingerprint density at radius 1 is 0.818 bits per heavy atom. The molecule has 0 N–H and O–H groups in total. The Balaban J connectivity index is 1.87. The third-order valence-electron chi connectivity index (χ3n) is 4.86. The quantitative estimate of drug-likeness (QED) is 0.336. The van der Waals surface area contributed by atoms with Crippen molar-refractivity contribution in [1.29, 1.82) is 0 Å². The van der Waals surface area contributed by atoms with Gasteiger partial charge in [0.25, 0.3) is 5.91 Å². The second-order valence-electron chi connectivity index (χ2n) is 6.97. The van der Waals surface area contributed by atoms with Crippen molar-refractivity contribution < 1.29 is 28.5 Å². The zero-order valence-electron chi connectivity index (χ0n) is 18.5. The first kappa shape index (κ1) is 23.9. The fraction of sp³-hybridized carbons (Fsp3) is 0.200. The number of methoxy groups -OCH3 is 3. The number of halogens is 1. The van der Waals surface area contributed by atoms with Gasteiger partial charge in [-0.2, -0.15) is 0 Å². The number of hydrogen-bond donors (Lipinski definition) is 0. The molecule has 0 heterocycles. The SMILES string of the molecule is COc1ccc(C(=O)N(CC(=O)Oc2ccccc2Cl)Cc2ccc(OC)cc2OC)cc1. The summed E-state index contributed by atoms with van der Waals surface area (Å²) in [6.45, 7) is -0.194. The maximum Gasteiger partial charge on any atom is 0.331 e. The predicted molar refractivity (Wildman–Crippen MR) is 124 cm³/mol. The number of hydrogen-bond acceptors (Lipinski definition) is 6. The van der Waals surface area contributed by atoms with E-state index >= 15 is 0 Å². The van der Waals surface area contributed by atoms with Gasteiger partial charge in [0.2, 0.25) is 0 Å². The van der Waals surface area contributed by atoms with Crippen LogP contribution >= 0.6 is 11.6 Å². The van der Waals surface area contributed by atoms with Gasteiger partial charge in [-0.15, -0.1) is 0 Å². The first-order valence-corrected chi connectivity index (χ1v) is 10.4. The molecule has 0 aromatic heterocycles. The lowest BCUT2D eigenvalue weighted by atomic mass is 10.1. The monoisotopic (exact) mass is 469 g/mol. The van der Waals surface area contributed by atoms with Gasteiger partial charge in [0, 0.05) is 17.2 Å². The fourth-order valence-electron chi connectivity index (χ4n) is 3.14. The second-order valence-corrected chi connectivity index (χ2v) is 7.38. The van der Waals surface area contributed by atoms with Crippen LogP contribution in [0.4, 0.5) is 0 Å². The van der Waals surface area contributed by atoms with Crippen molar-refractivity contribution in [1.82, 2.24) is 4.90 Å². The van der Waals surface area contributed by atoms with Crippen LogP contribution < -0.4 is 18.9 Å². The summed E-state index contributed by atoms with van der Waals surface area (Å²) >= 11 is 6.09. The molecular weight excluding hydrogens is 446 g/mol. The van der Waals surface area contributed by atoms with E-state index in [0.717, 1.165) is 0 Å². The van der Waals surface area contributed by atoms with Gasteiger partial charge in [0.1, 0.15) is 29.5 Å². The fourth-order valence-corrected chi connectivity index (χ4v) is 3.32. The molecule has 0 fully saturated rings. The first-order valence-electron chi connectivity index (χ1n) is 10.0. The third kappa shape index (κ3) is 6.17. The number of amides is 1. The van der Waals surface area contributed by atoms with E-state index in [1.54, 1.807) is 80.9 Å². The van der Waals surface area contributed by atoms with Gasteiger partial charge < -0.3 is 23.8 Å². The van der Waals surface area contributed by atoms with E-state index in [-0.39, 0.29) is 24.7 Å². The Hall–Kier alpha value is -3.71. The van der Waals surface area contributed by atoms with E-state index in [1.807, 2.05) is 0 Å². The molecule has 0 unspecified atom stereocenters. The molecule has 7 nitrogen and oxygen atoms in total. The van der Waals surface area contributed by atoms with E-state index in [1.165, 1.54) is 12.0 Å². The highest BCUT2D eigenvalue weighted by Crippen LogP contribution is 2.27. The largest absolute Gasteiger partial charge is 0.497 e. The minimum absolute atomic E-state index is 0.107. The summed E-state index contributed by atoms with van der Waals surface area (Å²) in [6.07, 6.45) is 0. The standard InChI is InChI=1S/C25H24ClNO6/c1-30-19-11-8-17(9-12-19)25(29)27(15-18-10-13-20(31-2)14-23(18)32-3)16-24(28)33-22-7-5-4-6-21(22)26/h4-14H,15-16H2,1-3H3. The van der Waals surface area contributed by atoms with Gasteiger partial charge in [-0.1, -0.05) is 23.7 Å². The molecule has 0 atom stereocenters. The molecule has 3 rings (SSSR count). The van der Waals surface area contributed by atoms with Crippen molar-refractivity contribution in [2.75, 3.05) is 27.9 Å². The summed E-state index contributed by atoms with van der Waals surface area (Å²) in [5.74, 6) is 1.00. The maximum atomic E-state index is 13.3. The highest BCUT2D eigenvalue weighted by Gasteiger charge is 2.22. The second kappa shape index (κ2) is 11.2. The van der Waals surface area contributed by atoms with Crippen LogP contribution in [0, 0.1) is 0 Å². The van der Waals surface area contributed by atoms with Crippen LogP contribution in [0.2, 0.25) is 5.02 Å². The Morgan fingerprint density at radius 2 is 1.48 bits per heavy atom. The Kier molecular flexibility index (Phi) is 8.16. The number of nitrogens with zero attached hydrogens (tertiary/aromatic N) is 1. The molecule has 0 saturated carbocycles.